The summed E-state index contributed by atoms with van der Waals surface area (Å²) in [5.74, 6) is -0.0962. The number of rotatable bonds is 2. The minimum Gasteiger partial charge on any atom is -0.466 e. The average Bonchev–Trinajstić information content (AvgIpc) is 3.21. The molecule has 0 saturated carbocycles. The number of hydrogen-bond donors (Lipinski definition) is 1. The second kappa shape index (κ2) is 5.19. The Morgan fingerprint density at radius 2 is 2.04 bits per heavy atom. The van der Waals surface area contributed by atoms with Gasteiger partial charge in [-0.15, -0.1) is 0 Å². The average molecular weight is 352 g/mol. The lowest BCUT2D eigenvalue weighted by Gasteiger charge is -2.54. The molecular formula is C21H24N2O3. The smallest absolute Gasteiger partial charge is 0.335 e. The fourth-order valence-corrected chi connectivity index (χ4v) is 6.32. The lowest BCUT2D eigenvalue weighted by atomic mass is 9.53. The minimum absolute atomic E-state index is 0.126. The molecule has 4 aliphatic rings. The van der Waals surface area contributed by atoms with E-state index in [1.165, 1.54) is 12.7 Å². The standard InChI is InChI=1S/C21H24N2O3/c1-13(24)20-8-5-10-23-11-9-21(19(20)23)15-6-3-4-7-16(15)22-17(21)14(12-20)18(25)26-2/h3-4,6-7,19,22H,5,8-12H2,1-2H3/t19-,20-,21-/m0/s1. The molecule has 3 atom stereocenters. The number of carbonyl (C=O) groups excluding carboxylic acids is 2. The number of nitrogens with one attached hydrogen (secondary N) is 1. The maximum absolute atomic E-state index is 13.0. The van der Waals surface area contributed by atoms with Crippen LogP contribution in [0.4, 0.5) is 5.69 Å². The fourth-order valence-electron chi connectivity index (χ4n) is 6.32. The molecule has 1 N–H and O–H groups in total. The Kier molecular flexibility index (Phi) is 3.21. The third-order valence-corrected chi connectivity index (χ3v) is 7.26. The number of esters is 1. The molecule has 1 aromatic carbocycles. The Morgan fingerprint density at radius 3 is 2.81 bits per heavy atom. The first kappa shape index (κ1) is 16.1. The number of carbonyl (C=O) groups is 2. The highest BCUT2D eigenvalue weighted by molar-refractivity contribution is 5.96. The van der Waals surface area contributed by atoms with Crippen molar-refractivity contribution in [3.8, 4) is 0 Å². The molecule has 5 nitrogen and oxygen atoms in total. The van der Waals surface area contributed by atoms with Crippen LogP contribution in [-0.2, 0) is 19.7 Å². The Morgan fingerprint density at radius 1 is 1.23 bits per heavy atom. The number of para-hydroxylation sites is 1. The minimum atomic E-state index is -0.499. The van der Waals surface area contributed by atoms with Crippen molar-refractivity contribution in [2.45, 2.75) is 44.1 Å². The van der Waals surface area contributed by atoms with Gasteiger partial charge in [-0.25, -0.2) is 4.79 Å². The van der Waals surface area contributed by atoms with Gasteiger partial charge >= 0.3 is 5.97 Å². The third kappa shape index (κ3) is 1.70. The van der Waals surface area contributed by atoms with E-state index in [4.69, 9.17) is 4.74 Å². The maximum atomic E-state index is 13.0. The molecule has 26 heavy (non-hydrogen) atoms. The molecular weight excluding hydrogens is 328 g/mol. The molecule has 0 unspecified atom stereocenters. The molecule has 0 radical (unpaired) electrons. The van der Waals surface area contributed by atoms with Gasteiger partial charge in [-0.2, -0.15) is 0 Å². The molecule has 0 bridgehead atoms. The van der Waals surface area contributed by atoms with E-state index in [1.807, 2.05) is 6.07 Å². The highest BCUT2D eigenvalue weighted by Crippen LogP contribution is 2.64. The zero-order valence-electron chi connectivity index (χ0n) is 15.3. The van der Waals surface area contributed by atoms with Gasteiger partial charge < -0.3 is 10.1 Å². The summed E-state index contributed by atoms with van der Waals surface area (Å²) in [6, 6.07) is 8.44. The van der Waals surface area contributed by atoms with E-state index >= 15 is 0 Å². The molecule has 0 aromatic heterocycles. The molecule has 1 spiro atoms. The van der Waals surface area contributed by atoms with Crippen molar-refractivity contribution < 1.29 is 14.3 Å². The molecule has 2 fully saturated rings. The summed E-state index contributed by atoms with van der Waals surface area (Å²) >= 11 is 0. The molecule has 3 aliphatic heterocycles. The third-order valence-electron chi connectivity index (χ3n) is 7.26. The number of hydrogen-bond acceptors (Lipinski definition) is 5. The van der Waals surface area contributed by atoms with Gasteiger partial charge in [0.15, 0.2) is 0 Å². The van der Waals surface area contributed by atoms with Crippen molar-refractivity contribution in [1.29, 1.82) is 0 Å². The molecule has 1 aliphatic carbocycles. The van der Waals surface area contributed by atoms with Gasteiger partial charge in [0.05, 0.1) is 18.1 Å². The van der Waals surface area contributed by atoms with Crippen LogP contribution in [0.15, 0.2) is 35.5 Å². The van der Waals surface area contributed by atoms with Gasteiger partial charge in [-0.3, -0.25) is 9.69 Å². The summed E-state index contributed by atoms with van der Waals surface area (Å²) in [7, 11) is 1.43. The lowest BCUT2D eigenvalue weighted by molar-refractivity contribution is -0.140. The Labute approximate surface area is 153 Å². The van der Waals surface area contributed by atoms with Gasteiger partial charge in [0.1, 0.15) is 5.78 Å². The zero-order chi connectivity index (χ0) is 18.1. The molecule has 3 heterocycles. The van der Waals surface area contributed by atoms with Crippen LogP contribution in [0, 0.1) is 5.41 Å². The summed E-state index contributed by atoms with van der Waals surface area (Å²) in [5, 5.41) is 3.55. The number of benzene rings is 1. The first-order valence-corrected chi connectivity index (χ1v) is 9.48. The van der Waals surface area contributed by atoms with Crippen LogP contribution < -0.4 is 5.32 Å². The second-order valence-corrected chi connectivity index (χ2v) is 8.17. The number of anilines is 1. The number of Topliss-reactive ketones (excluding diaryl/α,β-unsaturated/α-hetero) is 1. The Balaban J connectivity index is 1.84. The number of fused-ring (bicyclic) bond motifs is 1. The monoisotopic (exact) mass is 352 g/mol. The van der Waals surface area contributed by atoms with E-state index in [1.54, 1.807) is 6.92 Å². The number of piperidine rings is 1. The first-order chi connectivity index (χ1) is 12.5. The predicted octanol–water partition coefficient (Wildman–Crippen LogP) is 2.62. The van der Waals surface area contributed by atoms with E-state index in [9.17, 15) is 9.59 Å². The topological polar surface area (TPSA) is 58.6 Å². The SMILES string of the molecule is COC(=O)C1=C2Nc3ccccc3[C@@]23CCN2CCC[C@@](C(C)=O)(C1)[C@H]23. The van der Waals surface area contributed by atoms with Crippen molar-refractivity contribution in [3.05, 3.63) is 41.1 Å². The Bertz CT molecular complexity index is 861. The van der Waals surface area contributed by atoms with Crippen molar-refractivity contribution in [3.63, 3.8) is 0 Å². The van der Waals surface area contributed by atoms with Crippen LogP contribution in [0.25, 0.3) is 0 Å². The highest BCUT2D eigenvalue weighted by Gasteiger charge is 2.68. The van der Waals surface area contributed by atoms with Gasteiger partial charge in [0.2, 0.25) is 0 Å². The molecule has 2 saturated heterocycles. The van der Waals surface area contributed by atoms with Gasteiger partial charge in [0.25, 0.3) is 0 Å². The molecule has 5 heteroatoms. The van der Waals surface area contributed by atoms with Crippen molar-refractivity contribution in [2.75, 3.05) is 25.5 Å². The predicted molar refractivity (Wildman–Crippen MR) is 97.7 cm³/mol. The van der Waals surface area contributed by atoms with Crippen LogP contribution in [-0.4, -0.2) is 42.9 Å². The van der Waals surface area contributed by atoms with Crippen LogP contribution >= 0.6 is 0 Å². The van der Waals surface area contributed by atoms with Gasteiger partial charge in [-0.1, -0.05) is 18.2 Å². The fraction of sp³-hybridized carbons (Fsp3) is 0.524. The van der Waals surface area contributed by atoms with Crippen LogP contribution in [0.3, 0.4) is 0 Å². The second-order valence-electron chi connectivity index (χ2n) is 8.17. The normalized spacial score (nSPS) is 34.6. The quantitative estimate of drug-likeness (QED) is 0.829. The number of ketones is 1. The number of ether oxygens (including phenoxy) is 1. The maximum Gasteiger partial charge on any atom is 0.335 e. The largest absolute Gasteiger partial charge is 0.466 e. The highest BCUT2D eigenvalue weighted by atomic mass is 16.5. The van der Waals surface area contributed by atoms with Crippen molar-refractivity contribution >= 4 is 17.4 Å². The van der Waals surface area contributed by atoms with Crippen LogP contribution in [0.1, 0.15) is 38.2 Å². The molecule has 0 amide bonds. The van der Waals surface area contributed by atoms with Crippen molar-refractivity contribution in [2.24, 2.45) is 5.41 Å². The zero-order valence-corrected chi connectivity index (χ0v) is 15.3. The summed E-state index contributed by atoms with van der Waals surface area (Å²) in [6.45, 7) is 3.71. The number of nitrogens with zero attached hydrogens (tertiary/aromatic N) is 1. The Hall–Kier alpha value is -2.14. The van der Waals surface area contributed by atoms with Crippen LogP contribution in [0.5, 0.6) is 0 Å². The molecule has 5 rings (SSSR count). The van der Waals surface area contributed by atoms with Gasteiger partial charge in [-0.05, 0) is 57.3 Å². The van der Waals surface area contributed by atoms with E-state index in [-0.39, 0.29) is 23.2 Å². The van der Waals surface area contributed by atoms with Crippen molar-refractivity contribution in [1.82, 2.24) is 4.90 Å². The van der Waals surface area contributed by atoms with E-state index in [0.717, 1.165) is 43.7 Å². The van der Waals surface area contributed by atoms with Gasteiger partial charge in [0, 0.05) is 22.8 Å². The molecule has 136 valence electrons. The van der Waals surface area contributed by atoms with E-state index < -0.39 is 5.41 Å². The summed E-state index contributed by atoms with van der Waals surface area (Å²) in [5.41, 5.74) is 3.15. The lowest BCUT2D eigenvalue weighted by Crippen LogP contribution is -2.62. The van der Waals surface area contributed by atoms with Crippen LogP contribution in [0.2, 0.25) is 0 Å². The summed E-state index contributed by atoms with van der Waals surface area (Å²) in [4.78, 5) is 28.2. The summed E-state index contributed by atoms with van der Waals surface area (Å²) < 4.78 is 5.14. The summed E-state index contributed by atoms with van der Waals surface area (Å²) in [6.07, 6.45) is 3.27. The molecule has 1 aromatic rings. The van der Waals surface area contributed by atoms with E-state index in [2.05, 4.69) is 28.4 Å². The first-order valence-electron chi connectivity index (χ1n) is 9.48. The number of methoxy groups -OCH3 is 1. The van der Waals surface area contributed by atoms with E-state index in [0.29, 0.717) is 12.0 Å².